The molecular weight excluding hydrogens is 252 g/mol. The number of aliphatic hydroxyl groups excluding tert-OH is 1. The lowest BCUT2D eigenvalue weighted by molar-refractivity contribution is -0.146. The maximum absolute atomic E-state index is 11.0. The molecule has 0 saturated heterocycles. The van der Waals surface area contributed by atoms with Gasteiger partial charge < -0.3 is 19.7 Å². The van der Waals surface area contributed by atoms with E-state index in [2.05, 4.69) is 0 Å². The summed E-state index contributed by atoms with van der Waals surface area (Å²) in [6.07, 6.45) is 0.621. The fourth-order valence-electron chi connectivity index (χ4n) is 1.41. The molecule has 0 bridgehead atoms. The van der Waals surface area contributed by atoms with Gasteiger partial charge in [-0.1, -0.05) is 0 Å². The van der Waals surface area contributed by atoms with E-state index >= 15 is 0 Å². The molecule has 0 aliphatic heterocycles. The first-order valence-corrected chi connectivity index (χ1v) is 5.48. The number of rotatable bonds is 6. The number of hydrogen-bond acceptors (Lipinski definition) is 5. The largest absolute Gasteiger partial charge is 0.507 e. The highest BCUT2D eigenvalue weighted by atomic mass is 16.5. The number of ether oxygens (including phenoxy) is 2. The Morgan fingerprint density at radius 1 is 1.32 bits per heavy atom. The third-order valence-electron chi connectivity index (χ3n) is 2.24. The third kappa shape index (κ3) is 3.74. The number of carboxylic acid groups (broad SMARTS) is 1. The van der Waals surface area contributed by atoms with Crippen molar-refractivity contribution in [2.24, 2.45) is 0 Å². The molecule has 0 spiro atoms. The molecule has 0 heterocycles. The molecule has 0 aliphatic rings. The van der Waals surface area contributed by atoms with Crippen LogP contribution in [0.1, 0.15) is 12.5 Å². The number of benzene rings is 1. The highest BCUT2D eigenvalue weighted by molar-refractivity contribution is 6.38. The van der Waals surface area contributed by atoms with Gasteiger partial charge in [0.2, 0.25) is 0 Å². The van der Waals surface area contributed by atoms with Gasteiger partial charge in [0.15, 0.2) is 0 Å². The van der Waals surface area contributed by atoms with E-state index in [4.69, 9.17) is 14.6 Å². The molecule has 0 aliphatic carbocycles. The van der Waals surface area contributed by atoms with Crippen molar-refractivity contribution in [1.82, 2.24) is 0 Å². The molecule has 6 nitrogen and oxygen atoms in total. The molecule has 0 amide bonds. The second kappa shape index (κ2) is 6.44. The van der Waals surface area contributed by atoms with Gasteiger partial charge in [-0.2, -0.15) is 0 Å². The van der Waals surface area contributed by atoms with Crippen molar-refractivity contribution < 1.29 is 29.3 Å². The highest BCUT2D eigenvalue weighted by Gasteiger charge is 2.14. The number of methoxy groups -OCH3 is 1. The second-order valence-corrected chi connectivity index (χ2v) is 3.49. The molecular formula is C13H14O6. The van der Waals surface area contributed by atoms with Crippen LogP contribution in [-0.4, -0.2) is 35.7 Å². The number of aliphatic carboxylic acids is 1. The fourth-order valence-corrected chi connectivity index (χ4v) is 1.41. The lowest BCUT2D eigenvalue weighted by atomic mass is 10.1. The highest BCUT2D eigenvalue weighted by Crippen LogP contribution is 2.28. The predicted molar refractivity (Wildman–Crippen MR) is 67.4 cm³/mol. The molecule has 0 saturated carbocycles. The van der Waals surface area contributed by atoms with Gasteiger partial charge in [0.25, 0.3) is 5.78 Å². The summed E-state index contributed by atoms with van der Waals surface area (Å²) in [5, 5.41) is 18.3. The molecule has 0 fully saturated rings. The third-order valence-corrected chi connectivity index (χ3v) is 2.24. The Morgan fingerprint density at radius 2 is 2.00 bits per heavy atom. The number of carbonyl (C=O) groups excluding carboxylic acids is 1. The van der Waals surface area contributed by atoms with E-state index in [0.717, 1.165) is 0 Å². The van der Waals surface area contributed by atoms with E-state index in [-0.39, 0.29) is 5.56 Å². The first-order chi connectivity index (χ1) is 8.99. The minimum absolute atomic E-state index is 0.183. The number of carbonyl (C=O) groups is 2. The first kappa shape index (κ1) is 14.6. The molecule has 19 heavy (non-hydrogen) atoms. The lowest BCUT2D eigenvalue weighted by Gasteiger charge is -2.10. The lowest BCUT2D eigenvalue weighted by Crippen LogP contribution is -2.09. The van der Waals surface area contributed by atoms with Crippen LogP contribution in [0, 0.1) is 0 Å². The number of aliphatic hydroxyl groups is 1. The zero-order chi connectivity index (χ0) is 14.4. The van der Waals surface area contributed by atoms with Crippen LogP contribution in [0.4, 0.5) is 0 Å². The van der Waals surface area contributed by atoms with Crippen molar-refractivity contribution in [1.29, 1.82) is 0 Å². The number of hydrogen-bond donors (Lipinski definition) is 2. The van der Waals surface area contributed by atoms with E-state index in [1.165, 1.54) is 13.2 Å². The minimum Gasteiger partial charge on any atom is -0.507 e. The van der Waals surface area contributed by atoms with Crippen molar-refractivity contribution in [3.8, 4) is 11.5 Å². The van der Waals surface area contributed by atoms with Gasteiger partial charge in [0.05, 0.1) is 19.3 Å². The molecule has 1 aromatic rings. The molecule has 0 unspecified atom stereocenters. The molecule has 0 radical (unpaired) electrons. The minimum atomic E-state index is -1.65. The maximum Gasteiger partial charge on any atom is 0.376 e. The van der Waals surface area contributed by atoms with Crippen molar-refractivity contribution in [3.05, 3.63) is 29.8 Å². The van der Waals surface area contributed by atoms with E-state index in [9.17, 15) is 14.7 Å². The van der Waals surface area contributed by atoms with Crippen LogP contribution in [0.15, 0.2) is 24.3 Å². The summed E-state index contributed by atoms with van der Waals surface area (Å²) in [6, 6.07) is 4.65. The predicted octanol–water partition coefficient (Wildman–Crippen LogP) is 1.65. The average molecular weight is 266 g/mol. The Balaban J connectivity index is 3.18. The topological polar surface area (TPSA) is 93.1 Å². The summed E-state index contributed by atoms with van der Waals surface area (Å²) in [7, 11) is 1.39. The summed E-state index contributed by atoms with van der Waals surface area (Å²) < 4.78 is 10.3. The molecule has 6 heteroatoms. The summed E-state index contributed by atoms with van der Waals surface area (Å²) >= 11 is 0. The Hall–Kier alpha value is -2.50. The Labute approximate surface area is 109 Å². The van der Waals surface area contributed by atoms with Crippen LogP contribution in [-0.2, 0) is 9.59 Å². The molecule has 1 aromatic carbocycles. The van der Waals surface area contributed by atoms with Gasteiger partial charge in [-0.15, -0.1) is 0 Å². The Bertz CT molecular complexity index is 518. The van der Waals surface area contributed by atoms with Crippen molar-refractivity contribution in [2.45, 2.75) is 6.92 Å². The SMILES string of the molecule is CCOc1ccc(OC)c(C(O)=CC(=O)C(=O)O)c1. The van der Waals surface area contributed by atoms with E-state index in [1.54, 1.807) is 19.1 Å². The summed E-state index contributed by atoms with van der Waals surface area (Å²) in [5.41, 5.74) is 0.183. The fraction of sp³-hybridized carbons (Fsp3) is 0.231. The monoisotopic (exact) mass is 266 g/mol. The van der Waals surface area contributed by atoms with Crippen molar-refractivity contribution >= 4 is 17.5 Å². The molecule has 0 aromatic heterocycles. The molecule has 102 valence electrons. The van der Waals surface area contributed by atoms with Gasteiger partial charge in [0.1, 0.15) is 17.3 Å². The van der Waals surface area contributed by atoms with Crippen molar-refractivity contribution in [3.63, 3.8) is 0 Å². The zero-order valence-electron chi connectivity index (χ0n) is 10.5. The van der Waals surface area contributed by atoms with Gasteiger partial charge >= 0.3 is 5.97 Å². The molecule has 1 rings (SSSR count). The van der Waals surface area contributed by atoms with Crippen LogP contribution < -0.4 is 9.47 Å². The maximum atomic E-state index is 11.0. The van der Waals surface area contributed by atoms with Crippen LogP contribution in [0.2, 0.25) is 0 Å². The van der Waals surface area contributed by atoms with Gasteiger partial charge in [-0.3, -0.25) is 4.79 Å². The Kier molecular flexibility index (Phi) is 4.93. The van der Waals surface area contributed by atoms with Gasteiger partial charge in [-0.05, 0) is 25.1 Å². The van der Waals surface area contributed by atoms with E-state index in [1.807, 2.05) is 0 Å². The summed E-state index contributed by atoms with van der Waals surface area (Å²) in [4.78, 5) is 21.5. The van der Waals surface area contributed by atoms with Crippen LogP contribution >= 0.6 is 0 Å². The first-order valence-electron chi connectivity index (χ1n) is 5.48. The van der Waals surface area contributed by atoms with E-state index < -0.39 is 17.5 Å². The number of ketones is 1. The van der Waals surface area contributed by atoms with Crippen molar-refractivity contribution in [2.75, 3.05) is 13.7 Å². The number of carboxylic acids is 1. The van der Waals surface area contributed by atoms with Gasteiger partial charge in [-0.25, -0.2) is 4.79 Å². The molecule has 0 atom stereocenters. The molecule has 2 N–H and O–H groups in total. The standard InChI is InChI=1S/C13H14O6/c1-3-19-8-4-5-12(18-2)9(6-8)10(14)7-11(15)13(16)17/h4-7,14H,3H2,1-2H3,(H,16,17). The van der Waals surface area contributed by atoms with E-state index in [0.29, 0.717) is 24.2 Å². The average Bonchev–Trinajstić information content (AvgIpc) is 2.38. The second-order valence-electron chi connectivity index (χ2n) is 3.49. The summed E-state index contributed by atoms with van der Waals surface area (Å²) in [6.45, 7) is 2.23. The van der Waals surface area contributed by atoms with Crippen LogP contribution in [0.3, 0.4) is 0 Å². The smallest absolute Gasteiger partial charge is 0.376 e. The Morgan fingerprint density at radius 3 is 2.53 bits per heavy atom. The van der Waals surface area contributed by atoms with Crippen LogP contribution in [0.5, 0.6) is 11.5 Å². The zero-order valence-corrected chi connectivity index (χ0v) is 10.5. The normalized spacial score (nSPS) is 10.9. The van der Waals surface area contributed by atoms with Gasteiger partial charge in [0, 0.05) is 6.08 Å². The quantitative estimate of drug-likeness (QED) is 0.462. The summed E-state index contributed by atoms with van der Waals surface area (Å²) in [5.74, 6) is -2.59. The van der Waals surface area contributed by atoms with Crippen LogP contribution in [0.25, 0.3) is 5.76 Å².